The van der Waals surface area contributed by atoms with Crippen LogP contribution in [0, 0.1) is 12.8 Å². The Morgan fingerprint density at radius 2 is 1.88 bits per heavy atom. The summed E-state index contributed by atoms with van der Waals surface area (Å²) in [4.78, 5) is 15.7. The summed E-state index contributed by atoms with van der Waals surface area (Å²) in [5.41, 5.74) is 1.41. The molecule has 25 heavy (non-hydrogen) atoms. The molecule has 0 N–H and O–H groups in total. The minimum atomic E-state index is 0.569. The first-order chi connectivity index (χ1) is 11.9. The number of hydrogen-bond donors (Lipinski definition) is 0. The highest BCUT2D eigenvalue weighted by molar-refractivity contribution is 7.17. The van der Waals surface area contributed by atoms with Crippen LogP contribution in [0.2, 0.25) is 0 Å². The molecule has 0 saturated carbocycles. The molecule has 3 heterocycles. The molecule has 3 rings (SSSR count). The number of hydrogen-bond acceptors (Lipinski definition) is 5. The number of likely N-dealkylation sites (tertiary alicyclic amines) is 1. The summed E-state index contributed by atoms with van der Waals surface area (Å²) in [5.74, 6) is 2.67. The third kappa shape index (κ3) is 3.98. The van der Waals surface area contributed by atoms with Gasteiger partial charge in [-0.05, 0) is 56.9 Å². The predicted molar refractivity (Wildman–Crippen MR) is 109 cm³/mol. The Bertz CT molecular complexity index is 714. The quantitative estimate of drug-likeness (QED) is 0.785. The maximum absolute atomic E-state index is 4.88. The van der Waals surface area contributed by atoms with Gasteiger partial charge in [0.25, 0.3) is 0 Å². The van der Waals surface area contributed by atoms with Crippen molar-refractivity contribution in [3.63, 3.8) is 0 Å². The second kappa shape index (κ2) is 7.58. The van der Waals surface area contributed by atoms with Gasteiger partial charge in [0.05, 0.1) is 5.39 Å². The lowest BCUT2D eigenvalue weighted by Gasteiger charge is -2.39. The van der Waals surface area contributed by atoms with Crippen molar-refractivity contribution in [2.24, 2.45) is 5.92 Å². The maximum atomic E-state index is 4.88. The maximum Gasteiger partial charge on any atom is 0.141 e. The number of piperidine rings is 1. The smallest absolute Gasteiger partial charge is 0.141 e. The van der Waals surface area contributed by atoms with Crippen LogP contribution in [0.5, 0.6) is 0 Å². The first kappa shape index (κ1) is 18.6. The van der Waals surface area contributed by atoms with Gasteiger partial charge in [-0.1, -0.05) is 13.8 Å². The number of aryl methyl sites for hydroxylation is 1. The van der Waals surface area contributed by atoms with Crippen LogP contribution in [-0.2, 0) is 6.42 Å². The van der Waals surface area contributed by atoms with Gasteiger partial charge in [-0.25, -0.2) is 9.97 Å². The van der Waals surface area contributed by atoms with E-state index in [4.69, 9.17) is 9.97 Å². The first-order valence-corrected chi connectivity index (χ1v) is 10.5. The highest BCUT2D eigenvalue weighted by Gasteiger charge is 2.26. The van der Waals surface area contributed by atoms with E-state index < -0.39 is 0 Å². The van der Waals surface area contributed by atoms with Gasteiger partial charge in [0.15, 0.2) is 0 Å². The molecule has 0 spiro atoms. The van der Waals surface area contributed by atoms with Gasteiger partial charge in [0.1, 0.15) is 16.5 Å². The fraction of sp³-hybridized carbons (Fsp3) is 0.700. The molecule has 0 radical (unpaired) electrons. The molecule has 0 aliphatic carbocycles. The van der Waals surface area contributed by atoms with Crippen LogP contribution in [0.1, 0.15) is 51.9 Å². The molecule has 138 valence electrons. The molecule has 0 atom stereocenters. The highest BCUT2D eigenvalue weighted by Crippen LogP contribution is 2.35. The van der Waals surface area contributed by atoms with E-state index in [9.17, 15) is 0 Å². The van der Waals surface area contributed by atoms with Crippen LogP contribution in [0.3, 0.4) is 0 Å². The predicted octanol–water partition coefficient (Wildman–Crippen LogP) is 4.51. The fourth-order valence-electron chi connectivity index (χ4n) is 3.89. The van der Waals surface area contributed by atoms with Gasteiger partial charge in [-0.15, -0.1) is 11.3 Å². The average Bonchev–Trinajstić information content (AvgIpc) is 2.95. The summed E-state index contributed by atoms with van der Waals surface area (Å²) in [6.45, 7) is 13.5. The second-order valence-electron chi connectivity index (χ2n) is 8.11. The molecule has 5 heteroatoms. The van der Waals surface area contributed by atoms with Crippen molar-refractivity contribution in [1.82, 2.24) is 14.9 Å². The summed E-state index contributed by atoms with van der Waals surface area (Å²) < 4.78 is 0. The summed E-state index contributed by atoms with van der Waals surface area (Å²) in [7, 11) is 2.23. The second-order valence-corrected chi connectivity index (χ2v) is 8.96. The van der Waals surface area contributed by atoms with Crippen LogP contribution in [0.25, 0.3) is 10.2 Å². The van der Waals surface area contributed by atoms with Gasteiger partial charge in [0.2, 0.25) is 0 Å². The van der Waals surface area contributed by atoms with Gasteiger partial charge in [-0.3, -0.25) is 0 Å². The van der Waals surface area contributed by atoms with E-state index in [-0.39, 0.29) is 0 Å². The zero-order valence-electron chi connectivity index (χ0n) is 16.5. The highest BCUT2D eigenvalue weighted by atomic mass is 32.1. The van der Waals surface area contributed by atoms with Gasteiger partial charge >= 0.3 is 0 Å². The first-order valence-electron chi connectivity index (χ1n) is 9.58. The van der Waals surface area contributed by atoms with Crippen molar-refractivity contribution < 1.29 is 0 Å². The van der Waals surface area contributed by atoms with E-state index >= 15 is 0 Å². The lowest BCUT2D eigenvalue weighted by molar-refractivity contribution is 0.171. The number of rotatable bonds is 5. The van der Waals surface area contributed by atoms with Gasteiger partial charge in [-0.2, -0.15) is 0 Å². The van der Waals surface area contributed by atoms with Crippen LogP contribution in [0.15, 0.2) is 5.38 Å². The molecule has 0 amide bonds. The summed E-state index contributed by atoms with van der Waals surface area (Å²) in [5, 5.41) is 3.58. The zero-order valence-corrected chi connectivity index (χ0v) is 17.4. The normalized spacial score (nSPS) is 17.1. The zero-order chi connectivity index (χ0) is 18.1. The third-order valence-corrected chi connectivity index (χ3v) is 6.26. The average molecular weight is 361 g/mol. The molecular weight excluding hydrogens is 328 g/mol. The van der Waals surface area contributed by atoms with E-state index in [0.717, 1.165) is 22.9 Å². The Hall–Kier alpha value is -1.20. The molecule has 1 aliphatic heterocycles. The monoisotopic (exact) mass is 360 g/mol. The van der Waals surface area contributed by atoms with Crippen molar-refractivity contribution in [2.75, 3.05) is 25.0 Å². The molecule has 1 saturated heterocycles. The third-order valence-electron chi connectivity index (χ3n) is 5.34. The molecule has 0 unspecified atom stereocenters. The Morgan fingerprint density at radius 1 is 1.20 bits per heavy atom. The molecule has 1 aliphatic rings. The minimum Gasteiger partial charge on any atom is -0.356 e. The molecule has 1 fully saturated rings. The van der Waals surface area contributed by atoms with Crippen LogP contribution < -0.4 is 4.90 Å². The standard InChI is InChI=1S/C20H32N4S/c1-13(2)11-16-12-25-20-18(16)19(21-15(5)22-20)23(6)17-7-9-24(10-8-17)14(3)4/h12-14,17H,7-11H2,1-6H3. The number of thiophene rings is 1. The minimum absolute atomic E-state index is 0.569. The lowest BCUT2D eigenvalue weighted by atomic mass is 10.0. The Labute approximate surface area is 156 Å². The molecule has 0 aromatic carbocycles. The van der Waals surface area contributed by atoms with E-state index in [1.54, 1.807) is 11.3 Å². The molecule has 2 aromatic heterocycles. The van der Waals surface area contributed by atoms with Crippen LogP contribution in [-0.4, -0.2) is 47.1 Å². The number of fused-ring (bicyclic) bond motifs is 1. The number of anilines is 1. The van der Waals surface area contributed by atoms with Crippen molar-refractivity contribution in [3.8, 4) is 0 Å². The van der Waals surface area contributed by atoms with E-state index in [1.807, 2.05) is 6.92 Å². The summed E-state index contributed by atoms with van der Waals surface area (Å²) in [6.07, 6.45) is 3.52. The number of aromatic nitrogens is 2. The molecule has 2 aromatic rings. The van der Waals surface area contributed by atoms with E-state index in [1.165, 1.54) is 36.9 Å². The molecule has 4 nitrogen and oxygen atoms in total. The van der Waals surface area contributed by atoms with Gasteiger partial charge < -0.3 is 9.80 Å². The topological polar surface area (TPSA) is 32.3 Å². The SMILES string of the molecule is Cc1nc(N(C)C2CCN(C(C)C)CC2)c2c(CC(C)C)csc2n1. The summed E-state index contributed by atoms with van der Waals surface area (Å²) in [6, 6.07) is 1.22. The molecule has 0 bridgehead atoms. The largest absolute Gasteiger partial charge is 0.356 e. The fourth-order valence-corrected chi connectivity index (χ4v) is 4.89. The van der Waals surface area contributed by atoms with E-state index in [0.29, 0.717) is 18.0 Å². The Kier molecular flexibility index (Phi) is 5.64. The van der Waals surface area contributed by atoms with Crippen molar-refractivity contribution >= 4 is 27.4 Å². The Morgan fingerprint density at radius 3 is 2.48 bits per heavy atom. The number of nitrogens with zero attached hydrogens (tertiary/aromatic N) is 4. The van der Waals surface area contributed by atoms with Gasteiger partial charge in [0, 0.05) is 32.2 Å². The summed E-state index contributed by atoms with van der Waals surface area (Å²) >= 11 is 1.77. The van der Waals surface area contributed by atoms with Crippen molar-refractivity contribution in [1.29, 1.82) is 0 Å². The van der Waals surface area contributed by atoms with Crippen molar-refractivity contribution in [2.45, 2.75) is 66.0 Å². The van der Waals surface area contributed by atoms with Crippen LogP contribution in [0.4, 0.5) is 5.82 Å². The Balaban J connectivity index is 1.90. The van der Waals surface area contributed by atoms with E-state index in [2.05, 4.69) is 49.9 Å². The lowest BCUT2D eigenvalue weighted by Crippen LogP contribution is -2.46. The molecular formula is C20H32N4S. The van der Waals surface area contributed by atoms with Crippen molar-refractivity contribution in [3.05, 3.63) is 16.8 Å². The van der Waals surface area contributed by atoms with Crippen LogP contribution >= 0.6 is 11.3 Å².